The zero-order valence-corrected chi connectivity index (χ0v) is 17.1. The van der Waals surface area contributed by atoms with Gasteiger partial charge in [-0.25, -0.2) is 13.1 Å². The van der Waals surface area contributed by atoms with E-state index >= 15 is 0 Å². The van der Waals surface area contributed by atoms with Crippen LogP contribution in [-0.4, -0.2) is 33.5 Å². The van der Waals surface area contributed by atoms with Gasteiger partial charge in [-0.1, -0.05) is 37.1 Å². The Bertz CT molecular complexity index is 984. The van der Waals surface area contributed by atoms with Gasteiger partial charge >= 0.3 is 0 Å². The molecule has 29 heavy (non-hydrogen) atoms. The molecule has 4 rings (SSSR count). The second-order valence-corrected chi connectivity index (χ2v) is 9.54. The number of fused-ring (bicyclic) bond motifs is 1. The van der Waals surface area contributed by atoms with Crippen LogP contribution in [0.25, 0.3) is 0 Å². The van der Waals surface area contributed by atoms with E-state index in [1.165, 1.54) is 12.1 Å². The summed E-state index contributed by atoms with van der Waals surface area (Å²) in [5, 5.41) is 2.92. The molecule has 1 amide bonds. The van der Waals surface area contributed by atoms with Gasteiger partial charge in [-0.15, -0.1) is 0 Å². The number of carbonyl (C=O) groups is 1. The molecule has 154 valence electrons. The Labute approximate surface area is 171 Å². The average molecular weight is 415 g/mol. The molecule has 1 unspecified atom stereocenters. The normalized spacial score (nSPS) is 19.4. The van der Waals surface area contributed by atoms with Crippen LogP contribution in [-0.2, 0) is 16.4 Å². The van der Waals surface area contributed by atoms with Crippen molar-refractivity contribution in [3.63, 3.8) is 0 Å². The molecule has 2 aromatic rings. The van der Waals surface area contributed by atoms with Crippen molar-refractivity contribution < 1.29 is 17.9 Å². The monoisotopic (exact) mass is 414 g/mol. The number of ether oxygens (including phenoxy) is 1. The van der Waals surface area contributed by atoms with E-state index in [0.29, 0.717) is 18.7 Å². The summed E-state index contributed by atoms with van der Waals surface area (Å²) in [6, 6.07) is 14.1. The highest BCUT2D eigenvalue weighted by Crippen LogP contribution is 2.26. The molecular weight excluding hydrogens is 388 g/mol. The van der Waals surface area contributed by atoms with Crippen LogP contribution in [0.3, 0.4) is 0 Å². The fraction of sp³-hybridized carbons (Fsp3) is 0.409. The quantitative estimate of drug-likeness (QED) is 0.761. The van der Waals surface area contributed by atoms with Crippen molar-refractivity contribution >= 4 is 15.9 Å². The third-order valence-electron chi connectivity index (χ3n) is 5.59. The summed E-state index contributed by atoms with van der Waals surface area (Å²) < 4.78 is 33.8. The van der Waals surface area contributed by atoms with E-state index in [1.54, 1.807) is 12.1 Å². The van der Waals surface area contributed by atoms with Crippen LogP contribution in [0.5, 0.6) is 5.75 Å². The van der Waals surface area contributed by atoms with Gasteiger partial charge in [0.05, 0.1) is 11.5 Å². The molecule has 1 atom stereocenters. The molecular formula is C22H26N2O4S. The molecule has 1 aliphatic heterocycles. The van der Waals surface area contributed by atoms with Gasteiger partial charge in [-0.3, -0.25) is 4.79 Å². The van der Waals surface area contributed by atoms with E-state index in [4.69, 9.17) is 4.74 Å². The van der Waals surface area contributed by atoms with Crippen molar-refractivity contribution in [3.05, 3.63) is 59.7 Å². The predicted molar refractivity (Wildman–Crippen MR) is 110 cm³/mol. The zero-order chi connectivity index (χ0) is 20.3. The Kier molecular flexibility index (Phi) is 5.87. The van der Waals surface area contributed by atoms with Crippen LogP contribution in [0.15, 0.2) is 53.4 Å². The van der Waals surface area contributed by atoms with E-state index in [1.807, 2.05) is 24.3 Å². The lowest BCUT2D eigenvalue weighted by atomic mass is 9.96. The lowest BCUT2D eigenvalue weighted by molar-refractivity contribution is 0.0939. The van der Waals surface area contributed by atoms with Gasteiger partial charge in [0.2, 0.25) is 10.0 Å². The van der Waals surface area contributed by atoms with E-state index in [9.17, 15) is 13.2 Å². The van der Waals surface area contributed by atoms with Crippen molar-refractivity contribution in [1.29, 1.82) is 0 Å². The SMILES string of the molecule is O=C(NCC1COc2ccccc2C1)c1cccc(S(=O)(=O)NC2CCCC2)c1. The number of amides is 1. The number of benzene rings is 2. The first-order chi connectivity index (χ1) is 14.0. The smallest absolute Gasteiger partial charge is 0.251 e. The molecule has 0 saturated heterocycles. The van der Waals surface area contributed by atoms with E-state index < -0.39 is 10.0 Å². The fourth-order valence-corrected chi connectivity index (χ4v) is 5.35. The molecule has 1 aliphatic carbocycles. The number of hydrogen-bond donors (Lipinski definition) is 2. The highest BCUT2D eigenvalue weighted by atomic mass is 32.2. The van der Waals surface area contributed by atoms with Gasteiger partial charge in [0, 0.05) is 24.1 Å². The molecule has 0 aromatic heterocycles. The summed E-state index contributed by atoms with van der Waals surface area (Å²) in [5.41, 5.74) is 1.49. The zero-order valence-electron chi connectivity index (χ0n) is 16.3. The Morgan fingerprint density at radius 3 is 2.69 bits per heavy atom. The molecule has 0 radical (unpaired) electrons. The third-order valence-corrected chi connectivity index (χ3v) is 7.11. The van der Waals surface area contributed by atoms with Crippen molar-refractivity contribution in [2.75, 3.05) is 13.2 Å². The minimum Gasteiger partial charge on any atom is -0.493 e. The largest absolute Gasteiger partial charge is 0.493 e. The average Bonchev–Trinajstić information content (AvgIpc) is 3.24. The number of carbonyl (C=O) groups excluding carboxylic acids is 1. The molecule has 0 spiro atoms. The molecule has 2 N–H and O–H groups in total. The number of nitrogens with one attached hydrogen (secondary N) is 2. The van der Waals surface area contributed by atoms with Crippen LogP contribution < -0.4 is 14.8 Å². The second-order valence-electron chi connectivity index (χ2n) is 7.83. The van der Waals surface area contributed by atoms with Crippen molar-refractivity contribution in [3.8, 4) is 5.75 Å². The highest BCUT2D eigenvalue weighted by molar-refractivity contribution is 7.89. The van der Waals surface area contributed by atoms with E-state index in [-0.39, 0.29) is 22.8 Å². The van der Waals surface area contributed by atoms with Gasteiger partial charge in [0.15, 0.2) is 0 Å². The summed E-state index contributed by atoms with van der Waals surface area (Å²) in [6.45, 7) is 1.03. The number of hydrogen-bond acceptors (Lipinski definition) is 4. The lowest BCUT2D eigenvalue weighted by Gasteiger charge is -2.25. The minimum atomic E-state index is -3.62. The van der Waals surface area contributed by atoms with Crippen molar-refractivity contribution in [2.45, 2.75) is 43.0 Å². The van der Waals surface area contributed by atoms with Crippen LogP contribution in [0.2, 0.25) is 0 Å². The topological polar surface area (TPSA) is 84.5 Å². The highest BCUT2D eigenvalue weighted by Gasteiger charge is 2.24. The molecule has 1 fully saturated rings. The van der Waals surface area contributed by atoms with Crippen LogP contribution in [0.1, 0.15) is 41.6 Å². The third kappa shape index (κ3) is 4.79. The van der Waals surface area contributed by atoms with Crippen LogP contribution in [0, 0.1) is 5.92 Å². The first-order valence-electron chi connectivity index (χ1n) is 10.1. The maximum Gasteiger partial charge on any atom is 0.251 e. The van der Waals surface area contributed by atoms with Gasteiger partial charge in [0.1, 0.15) is 5.75 Å². The van der Waals surface area contributed by atoms with Gasteiger partial charge in [-0.05, 0) is 49.1 Å². The molecule has 2 aromatic carbocycles. The first kappa shape index (κ1) is 19.9. The number of para-hydroxylation sites is 1. The number of sulfonamides is 1. The van der Waals surface area contributed by atoms with Crippen molar-refractivity contribution in [1.82, 2.24) is 10.0 Å². The fourth-order valence-electron chi connectivity index (χ4n) is 4.00. The summed E-state index contributed by atoms with van der Waals surface area (Å²) in [7, 11) is -3.62. The van der Waals surface area contributed by atoms with Gasteiger partial charge < -0.3 is 10.1 Å². The molecule has 1 saturated carbocycles. The van der Waals surface area contributed by atoms with Crippen LogP contribution >= 0.6 is 0 Å². The standard InChI is InChI=1S/C22H26N2O4S/c25-22(23-14-16-12-17-6-1-4-11-21(17)28-15-16)18-7-5-10-20(13-18)29(26,27)24-19-8-2-3-9-19/h1,4-7,10-11,13,16,19,24H,2-3,8-9,12,14-15H2,(H,23,25). The number of rotatable bonds is 6. The van der Waals surface area contributed by atoms with Gasteiger partial charge in [-0.2, -0.15) is 0 Å². The Hall–Kier alpha value is -2.38. The predicted octanol–water partition coefficient (Wildman–Crippen LogP) is 2.89. The van der Waals surface area contributed by atoms with Gasteiger partial charge in [0.25, 0.3) is 5.91 Å². The van der Waals surface area contributed by atoms with E-state index in [2.05, 4.69) is 10.0 Å². The lowest BCUT2D eigenvalue weighted by Crippen LogP contribution is -2.35. The molecule has 7 heteroatoms. The van der Waals surface area contributed by atoms with Crippen molar-refractivity contribution in [2.24, 2.45) is 5.92 Å². The Balaban J connectivity index is 1.37. The Morgan fingerprint density at radius 1 is 1.07 bits per heavy atom. The molecule has 1 heterocycles. The van der Waals surface area contributed by atoms with E-state index in [0.717, 1.165) is 43.4 Å². The molecule has 0 bridgehead atoms. The summed E-state index contributed by atoms with van der Waals surface area (Å²) >= 11 is 0. The molecule has 6 nitrogen and oxygen atoms in total. The minimum absolute atomic E-state index is 0.00772. The Morgan fingerprint density at radius 2 is 1.86 bits per heavy atom. The second kappa shape index (κ2) is 8.55. The summed E-state index contributed by atoms with van der Waals surface area (Å²) in [4.78, 5) is 12.7. The molecule has 2 aliphatic rings. The van der Waals surface area contributed by atoms with Crippen LogP contribution in [0.4, 0.5) is 0 Å². The maximum atomic E-state index is 12.6. The first-order valence-corrected chi connectivity index (χ1v) is 11.6. The summed E-state index contributed by atoms with van der Waals surface area (Å²) in [6.07, 6.45) is 4.67. The maximum absolute atomic E-state index is 12.6. The summed E-state index contributed by atoms with van der Waals surface area (Å²) in [5.74, 6) is 0.814.